The monoisotopic (exact) mass is 219 g/mol. The van der Waals surface area contributed by atoms with E-state index in [1.807, 2.05) is 12.1 Å². The van der Waals surface area contributed by atoms with Crippen LogP contribution >= 0.6 is 0 Å². The van der Waals surface area contributed by atoms with Gasteiger partial charge in [0, 0.05) is 19.5 Å². The Hall–Kier alpha value is -1.42. The second-order valence-corrected chi connectivity index (χ2v) is 4.32. The van der Waals surface area contributed by atoms with Crippen LogP contribution in [0.2, 0.25) is 0 Å². The summed E-state index contributed by atoms with van der Waals surface area (Å²) < 4.78 is 13.4. The summed E-state index contributed by atoms with van der Waals surface area (Å²) in [5.41, 5.74) is 0.710. The Balaban J connectivity index is 1.75. The number of amidine groups is 1. The number of benzene rings is 1. The molecule has 1 aromatic rings. The molecule has 3 nitrogen and oxygen atoms in total. The topological polar surface area (TPSA) is 36.4 Å². The number of hydrogen-bond acceptors (Lipinski definition) is 3. The SMILES string of the molecule is Fc1ccccc1CC1=NC2CNCC2N1. The molecule has 2 N–H and O–H groups in total. The van der Waals surface area contributed by atoms with Crippen LogP contribution in [0.1, 0.15) is 5.56 Å². The zero-order chi connectivity index (χ0) is 11.0. The van der Waals surface area contributed by atoms with Gasteiger partial charge in [0.25, 0.3) is 0 Å². The van der Waals surface area contributed by atoms with Crippen molar-refractivity contribution in [2.45, 2.75) is 18.5 Å². The summed E-state index contributed by atoms with van der Waals surface area (Å²) in [4.78, 5) is 4.56. The molecule has 2 atom stereocenters. The maximum Gasteiger partial charge on any atom is 0.126 e. The van der Waals surface area contributed by atoms with Gasteiger partial charge in [-0.15, -0.1) is 0 Å². The van der Waals surface area contributed by atoms with Crippen molar-refractivity contribution in [3.05, 3.63) is 35.6 Å². The first-order valence-corrected chi connectivity index (χ1v) is 5.60. The molecular formula is C12H14FN3. The summed E-state index contributed by atoms with van der Waals surface area (Å²) in [7, 11) is 0. The van der Waals surface area contributed by atoms with Crippen molar-refractivity contribution in [3.63, 3.8) is 0 Å². The molecule has 1 aromatic carbocycles. The predicted molar refractivity (Wildman–Crippen MR) is 61.1 cm³/mol. The lowest BCUT2D eigenvalue weighted by Crippen LogP contribution is -2.35. The van der Waals surface area contributed by atoms with Gasteiger partial charge in [0.1, 0.15) is 11.7 Å². The summed E-state index contributed by atoms with van der Waals surface area (Å²) in [6.07, 6.45) is 0.569. The van der Waals surface area contributed by atoms with Crippen LogP contribution in [0.15, 0.2) is 29.3 Å². The van der Waals surface area contributed by atoms with Gasteiger partial charge >= 0.3 is 0 Å². The summed E-state index contributed by atoms with van der Waals surface area (Å²) in [6.45, 7) is 1.88. The van der Waals surface area contributed by atoms with Crippen LogP contribution in [0.4, 0.5) is 4.39 Å². The lowest BCUT2D eigenvalue weighted by atomic mass is 10.1. The van der Waals surface area contributed by atoms with Crippen LogP contribution in [0.25, 0.3) is 0 Å². The molecule has 16 heavy (non-hydrogen) atoms. The molecule has 0 saturated carbocycles. The fourth-order valence-corrected chi connectivity index (χ4v) is 2.32. The summed E-state index contributed by atoms with van der Waals surface area (Å²) in [6, 6.07) is 7.61. The van der Waals surface area contributed by atoms with Crippen molar-refractivity contribution in [3.8, 4) is 0 Å². The van der Waals surface area contributed by atoms with Crippen LogP contribution < -0.4 is 10.6 Å². The van der Waals surface area contributed by atoms with Gasteiger partial charge in [-0.25, -0.2) is 4.39 Å². The molecule has 2 unspecified atom stereocenters. The Kier molecular flexibility index (Phi) is 2.36. The Morgan fingerprint density at radius 3 is 3.00 bits per heavy atom. The lowest BCUT2D eigenvalue weighted by molar-refractivity contribution is 0.614. The second kappa shape index (κ2) is 3.87. The van der Waals surface area contributed by atoms with Gasteiger partial charge in [0.05, 0.1) is 12.1 Å². The van der Waals surface area contributed by atoms with Gasteiger partial charge < -0.3 is 10.6 Å². The Labute approximate surface area is 93.8 Å². The maximum atomic E-state index is 13.4. The molecular weight excluding hydrogens is 205 g/mol. The third-order valence-corrected chi connectivity index (χ3v) is 3.17. The highest BCUT2D eigenvalue weighted by Gasteiger charge is 2.32. The number of hydrogen-bond donors (Lipinski definition) is 2. The fourth-order valence-electron chi connectivity index (χ4n) is 2.32. The third-order valence-electron chi connectivity index (χ3n) is 3.17. The van der Waals surface area contributed by atoms with Gasteiger partial charge in [0.2, 0.25) is 0 Å². The molecule has 0 aliphatic carbocycles. The molecule has 0 amide bonds. The minimum Gasteiger partial charge on any atom is -0.367 e. The van der Waals surface area contributed by atoms with Crippen LogP contribution in [0.3, 0.4) is 0 Å². The van der Waals surface area contributed by atoms with Crippen LogP contribution in [-0.4, -0.2) is 31.0 Å². The molecule has 2 aliphatic heterocycles. The minimum atomic E-state index is -0.151. The first-order valence-electron chi connectivity index (χ1n) is 5.60. The van der Waals surface area contributed by atoms with Gasteiger partial charge in [-0.2, -0.15) is 0 Å². The molecule has 3 rings (SSSR count). The summed E-state index contributed by atoms with van der Waals surface area (Å²) in [5.74, 6) is 0.767. The van der Waals surface area contributed by atoms with Gasteiger partial charge in [0.15, 0.2) is 0 Å². The molecule has 4 heteroatoms. The van der Waals surface area contributed by atoms with Crippen molar-refractivity contribution in [1.82, 2.24) is 10.6 Å². The average molecular weight is 219 g/mol. The van der Waals surface area contributed by atoms with Crippen LogP contribution in [0, 0.1) is 5.82 Å². The highest BCUT2D eigenvalue weighted by molar-refractivity contribution is 5.86. The van der Waals surface area contributed by atoms with E-state index in [-0.39, 0.29) is 5.82 Å². The first kappa shape index (κ1) is 9.78. The van der Waals surface area contributed by atoms with Gasteiger partial charge in [-0.05, 0) is 11.6 Å². The first-order chi connectivity index (χ1) is 7.83. The minimum absolute atomic E-state index is 0.151. The molecule has 2 heterocycles. The van der Waals surface area contributed by atoms with E-state index < -0.39 is 0 Å². The van der Waals surface area contributed by atoms with E-state index >= 15 is 0 Å². The third kappa shape index (κ3) is 1.69. The molecule has 1 fully saturated rings. The Bertz CT molecular complexity index is 430. The number of aliphatic imine (C=N–C) groups is 1. The summed E-state index contributed by atoms with van der Waals surface area (Å²) in [5, 5.41) is 6.63. The molecule has 0 radical (unpaired) electrons. The number of nitrogens with one attached hydrogen (secondary N) is 2. The number of nitrogens with zero attached hydrogens (tertiary/aromatic N) is 1. The van der Waals surface area contributed by atoms with Crippen molar-refractivity contribution in [1.29, 1.82) is 0 Å². The number of fused-ring (bicyclic) bond motifs is 1. The van der Waals surface area contributed by atoms with E-state index in [1.54, 1.807) is 6.07 Å². The average Bonchev–Trinajstić information content (AvgIpc) is 2.81. The molecule has 0 spiro atoms. The molecule has 2 aliphatic rings. The van der Waals surface area contributed by atoms with Gasteiger partial charge in [-0.1, -0.05) is 18.2 Å². The number of rotatable bonds is 2. The van der Waals surface area contributed by atoms with Crippen LogP contribution in [0.5, 0.6) is 0 Å². The Morgan fingerprint density at radius 1 is 1.31 bits per heavy atom. The Morgan fingerprint density at radius 2 is 2.19 bits per heavy atom. The quantitative estimate of drug-likeness (QED) is 0.768. The summed E-state index contributed by atoms with van der Waals surface area (Å²) >= 11 is 0. The van der Waals surface area contributed by atoms with E-state index in [9.17, 15) is 4.39 Å². The molecule has 0 bridgehead atoms. The predicted octanol–water partition coefficient (Wildman–Crippen LogP) is 0.710. The lowest BCUT2D eigenvalue weighted by Gasteiger charge is -2.08. The standard InChI is InChI=1S/C12H14FN3/c13-9-4-2-1-3-8(9)5-12-15-10-6-14-7-11(10)16-12/h1-4,10-11,14H,5-7H2,(H,15,16). The molecule has 84 valence electrons. The van der Waals surface area contributed by atoms with Crippen molar-refractivity contribution in [2.75, 3.05) is 13.1 Å². The van der Waals surface area contributed by atoms with E-state index in [0.717, 1.165) is 18.9 Å². The van der Waals surface area contributed by atoms with Gasteiger partial charge in [-0.3, -0.25) is 4.99 Å². The van der Waals surface area contributed by atoms with E-state index in [4.69, 9.17) is 0 Å². The van der Waals surface area contributed by atoms with Crippen molar-refractivity contribution < 1.29 is 4.39 Å². The highest BCUT2D eigenvalue weighted by atomic mass is 19.1. The van der Waals surface area contributed by atoms with E-state index in [2.05, 4.69) is 15.6 Å². The van der Waals surface area contributed by atoms with Crippen LogP contribution in [-0.2, 0) is 6.42 Å². The maximum absolute atomic E-state index is 13.4. The zero-order valence-electron chi connectivity index (χ0n) is 8.91. The smallest absolute Gasteiger partial charge is 0.126 e. The normalized spacial score (nSPS) is 27.4. The number of halogens is 1. The second-order valence-electron chi connectivity index (χ2n) is 4.32. The highest BCUT2D eigenvalue weighted by Crippen LogP contribution is 2.14. The molecule has 1 saturated heterocycles. The fraction of sp³-hybridized carbons (Fsp3) is 0.417. The van der Waals surface area contributed by atoms with E-state index in [0.29, 0.717) is 24.1 Å². The van der Waals surface area contributed by atoms with Crippen molar-refractivity contribution >= 4 is 5.84 Å². The molecule has 0 aromatic heterocycles. The zero-order valence-corrected chi connectivity index (χ0v) is 8.91. The van der Waals surface area contributed by atoms with Crippen molar-refractivity contribution in [2.24, 2.45) is 4.99 Å². The largest absolute Gasteiger partial charge is 0.367 e. The van der Waals surface area contributed by atoms with E-state index in [1.165, 1.54) is 6.07 Å².